The zero-order valence-corrected chi connectivity index (χ0v) is 19.1. The number of benzene rings is 1. The van der Waals surface area contributed by atoms with Gasteiger partial charge in [-0.1, -0.05) is 12.1 Å². The van der Waals surface area contributed by atoms with E-state index in [4.69, 9.17) is 9.31 Å². The van der Waals surface area contributed by atoms with Crippen LogP contribution < -0.4 is 10.8 Å². The van der Waals surface area contributed by atoms with Gasteiger partial charge in [-0.25, -0.2) is 9.18 Å². The maximum absolute atomic E-state index is 14.4. The Morgan fingerprint density at radius 2 is 1.79 bits per heavy atom. The molecule has 0 saturated carbocycles. The number of carbonyl (C=O) groups is 2. The van der Waals surface area contributed by atoms with Crippen molar-refractivity contribution in [1.82, 2.24) is 10.2 Å². The van der Waals surface area contributed by atoms with Gasteiger partial charge in [0.1, 0.15) is 6.17 Å². The minimum atomic E-state index is -4.68. The van der Waals surface area contributed by atoms with E-state index in [1.54, 1.807) is 25.1 Å². The summed E-state index contributed by atoms with van der Waals surface area (Å²) in [7, 11) is -0.693. The SMILES string of the molecule is Cc1ccc(B2OC(C)(C)C(C)(C)O2)cc1C(=O)N[C@@H]1CN(C(=O)OCC(F)(F)F)C[C@H]1F. The van der Waals surface area contributed by atoms with Gasteiger partial charge in [-0.05, 0) is 51.7 Å². The van der Waals surface area contributed by atoms with Crippen molar-refractivity contribution in [2.45, 2.75) is 64.2 Å². The first-order valence-corrected chi connectivity index (χ1v) is 10.5. The molecule has 2 atom stereocenters. The van der Waals surface area contributed by atoms with Gasteiger partial charge in [-0.3, -0.25) is 4.79 Å². The Morgan fingerprint density at radius 1 is 1.18 bits per heavy atom. The van der Waals surface area contributed by atoms with Gasteiger partial charge in [-0.2, -0.15) is 13.2 Å². The number of ether oxygens (including phenoxy) is 1. The Balaban J connectivity index is 1.67. The summed E-state index contributed by atoms with van der Waals surface area (Å²) >= 11 is 0. The number of nitrogens with zero attached hydrogens (tertiary/aromatic N) is 1. The quantitative estimate of drug-likeness (QED) is 0.537. The molecule has 0 aliphatic carbocycles. The van der Waals surface area contributed by atoms with Crippen LogP contribution in [-0.2, 0) is 14.0 Å². The van der Waals surface area contributed by atoms with Crippen LogP contribution in [0.25, 0.3) is 0 Å². The number of aryl methyl sites for hydroxylation is 1. The van der Waals surface area contributed by atoms with E-state index in [9.17, 15) is 27.2 Å². The molecule has 2 fully saturated rings. The molecule has 7 nitrogen and oxygen atoms in total. The van der Waals surface area contributed by atoms with Crippen LogP contribution in [0.2, 0.25) is 0 Å². The summed E-state index contributed by atoms with van der Waals surface area (Å²) in [5.74, 6) is -0.580. The standard InChI is InChI=1S/C21H27BF4N2O5/c1-12-6-7-13(22-32-19(2,3)20(4,5)33-22)8-14(12)17(29)27-16-10-28(9-15(16)23)18(30)31-11-21(24,25)26/h6-8,15-16H,9-11H2,1-5H3,(H,27,29)/t15-,16-/m1/s1. The van der Waals surface area contributed by atoms with Crippen LogP contribution in [0.3, 0.4) is 0 Å². The predicted molar refractivity (Wildman–Crippen MR) is 112 cm³/mol. The largest absolute Gasteiger partial charge is 0.494 e. The smallest absolute Gasteiger partial charge is 0.440 e. The van der Waals surface area contributed by atoms with Crippen molar-refractivity contribution in [2.75, 3.05) is 19.7 Å². The van der Waals surface area contributed by atoms with E-state index in [0.29, 0.717) is 11.0 Å². The molecule has 2 saturated heterocycles. The fraction of sp³-hybridized carbons (Fsp3) is 0.619. The highest BCUT2D eigenvalue weighted by atomic mass is 19.4. The van der Waals surface area contributed by atoms with E-state index < -0.39 is 61.9 Å². The third-order valence-corrected chi connectivity index (χ3v) is 6.21. The van der Waals surface area contributed by atoms with Gasteiger partial charge >= 0.3 is 19.4 Å². The van der Waals surface area contributed by atoms with Crippen LogP contribution in [0, 0.1) is 6.92 Å². The number of amides is 2. The second kappa shape index (κ2) is 8.79. The Labute approximate surface area is 189 Å². The lowest BCUT2D eigenvalue weighted by molar-refractivity contribution is -0.162. The molecule has 12 heteroatoms. The number of nitrogens with one attached hydrogen (secondary N) is 1. The Bertz CT molecular complexity index is 908. The molecule has 0 bridgehead atoms. The van der Waals surface area contributed by atoms with Gasteiger partial charge in [0.2, 0.25) is 0 Å². The van der Waals surface area contributed by atoms with Gasteiger partial charge in [0.05, 0.1) is 23.8 Å². The molecule has 2 aliphatic rings. The molecule has 2 heterocycles. The van der Waals surface area contributed by atoms with Gasteiger partial charge in [-0.15, -0.1) is 0 Å². The minimum absolute atomic E-state index is 0.271. The highest BCUT2D eigenvalue weighted by Gasteiger charge is 2.51. The van der Waals surface area contributed by atoms with Crippen molar-refractivity contribution in [3.8, 4) is 0 Å². The molecule has 1 aromatic carbocycles. The van der Waals surface area contributed by atoms with Crippen molar-refractivity contribution in [3.05, 3.63) is 29.3 Å². The lowest BCUT2D eigenvalue weighted by Crippen LogP contribution is -2.43. The molecule has 2 aliphatic heterocycles. The minimum Gasteiger partial charge on any atom is -0.440 e. The van der Waals surface area contributed by atoms with Crippen LogP contribution in [0.1, 0.15) is 43.6 Å². The summed E-state index contributed by atoms with van der Waals surface area (Å²) in [5.41, 5.74) is 0.376. The van der Waals surface area contributed by atoms with Crippen molar-refractivity contribution < 1.29 is 41.2 Å². The van der Waals surface area contributed by atoms with Crippen molar-refractivity contribution in [3.63, 3.8) is 0 Å². The maximum atomic E-state index is 14.4. The second-order valence-corrected chi connectivity index (χ2v) is 9.33. The number of halogens is 4. The normalized spacial score (nSPS) is 24.2. The summed E-state index contributed by atoms with van der Waals surface area (Å²) in [6.07, 6.45) is -7.62. The number of hydrogen-bond acceptors (Lipinski definition) is 5. The molecule has 33 heavy (non-hydrogen) atoms. The molecular weight excluding hydrogens is 447 g/mol. The average Bonchev–Trinajstić information content (AvgIpc) is 3.15. The van der Waals surface area contributed by atoms with E-state index in [0.717, 1.165) is 4.90 Å². The summed E-state index contributed by atoms with van der Waals surface area (Å²) in [6, 6.07) is 4.01. The third kappa shape index (κ3) is 5.60. The number of alkyl halides is 4. The van der Waals surface area contributed by atoms with E-state index in [-0.39, 0.29) is 12.1 Å². The van der Waals surface area contributed by atoms with E-state index in [1.165, 1.54) is 0 Å². The summed E-state index contributed by atoms with van der Waals surface area (Å²) in [6.45, 7) is 6.79. The topological polar surface area (TPSA) is 77.1 Å². The molecule has 3 rings (SSSR count). The predicted octanol–water partition coefficient (Wildman–Crippen LogP) is 2.75. The molecule has 1 aromatic rings. The van der Waals surface area contributed by atoms with Gasteiger partial charge < -0.3 is 24.3 Å². The van der Waals surface area contributed by atoms with Crippen molar-refractivity contribution >= 4 is 24.6 Å². The summed E-state index contributed by atoms with van der Waals surface area (Å²) in [4.78, 5) is 25.5. The third-order valence-electron chi connectivity index (χ3n) is 6.21. The highest BCUT2D eigenvalue weighted by molar-refractivity contribution is 6.62. The van der Waals surface area contributed by atoms with Crippen LogP contribution >= 0.6 is 0 Å². The molecule has 1 N–H and O–H groups in total. The van der Waals surface area contributed by atoms with Crippen LogP contribution in [0.5, 0.6) is 0 Å². The Morgan fingerprint density at radius 3 is 2.36 bits per heavy atom. The molecule has 0 unspecified atom stereocenters. The zero-order chi connectivity index (χ0) is 24.8. The Hall–Kier alpha value is -2.34. The Kier molecular flexibility index (Phi) is 6.74. The average molecular weight is 474 g/mol. The molecular formula is C21H27BF4N2O5. The van der Waals surface area contributed by atoms with Crippen molar-refractivity contribution in [1.29, 1.82) is 0 Å². The monoisotopic (exact) mass is 474 g/mol. The molecule has 0 radical (unpaired) electrons. The van der Waals surface area contributed by atoms with E-state index >= 15 is 0 Å². The van der Waals surface area contributed by atoms with Crippen LogP contribution in [-0.4, -0.2) is 73.3 Å². The second-order valence-electron chi connectivity index (χ2n) is 9.33. The summed E-state index contributed by atoms with van der Waals surface area (Å²) < 4.78 is 67.3. The number of likely N-dealkylation sites (tertiary alicyclic amines) is 1. The lowest BCUT2D eigenvalue weighted by Gasteiger charge is -2.32. The first-order chi connectivity index (χ1) is 15.1. The van der Waals surface area contributed by atoms with Crippen molar-refractivity contribution in [2.24, 2.45) is 0 Å². The zero-order valence-electron chi connectivity index (χ0n) is 19.1. The first-order valence-electron chi connectivity index (χ1n) is 10.5. The van der Waals surface area contributed by atoms with Gasteiger partial charge in [0.15, 0.2) is 6.61 Å². The van der Waals surface area contributed by atoms with Gasteiger partial charge in [0, 0.05) is 12.1 Å². The fourth-order valence-electron chi connectivity index (χ4n) is 3.54. The molecule has 2 amide bonds. The summed E-state index contributed by atoms with van der Waals surface area (Å²) in [5, 5.41) is 2.53. The van der Waals surface area contributed by atoms with Crippen LogP contribution in [0.4, 0.5) is 22.4 Å². The van der Waals surface area contributed by atoms with Gasteiger partial charge in [0.25, 0.3) is 5.91 Å². The molecule has 0 spiro atoms. The van der Waals surface area contributed by atoms with E-state index in [1.807, 2.05) is 27.7 Å². The molecule has 0 aromatic heterocycles. The van der Waals surface area contributed by atoms with E-state index in [2.05, 4.69) is 10.1 Å². The maximum Gasteiger partial charge on any atom is 0.494 e. The number of hydrogen-bond donors (Lipinski definition) is 1. The number of rotatable bonds is 4. The highest BCUT2D eigenvalue weighted by Crippen LogP contribution is 2.36. The first kappa shape index (κ1) is 25.3. The lowest BCUT2D eigenvalue weighted by atomic mass is 9.77. The fourth-order valence-corrected chi connectivity index (χ4v) is 3.54. The molecule has 182 valence electrons. The van der Waals surface area contributed by atoms with Crippen LogP contribution in [0.15, 0.2) is 18.2 Å². The number of carbonyl (C=O) groups excluding carboxylic acids is 2.